The smallest absolute Gasteiger partial charge is 0.206 e. The van der Waals surface area contributed by atoms with E-state index in [1.54, 1.807) is 12.4 Å². The highest BCUT2D eigenvalue weighted by molar-refractivity contribution is 5.83. The third kappa shape index (κ3) is 4.53. The van der Waals surface area contributed by atoms with Crippen LogP contribution >= 0.6 is 0 Å². The average Bonchev–Trinajstić information content (AvgIpc) is 3.21. The molecular weight excluding hydrogens is 402 g/mol. The maximum atomic E-state index is 4.66. The van der Waals surface area contributed by atoms with E-state index in [9.17, 15) is 0 Å². The molecule has 5 rings (SSSR count). The van der Waals surface area contributed by atoms with E-state index in [2.05, 4.69) is 52.6 Å². The third-order valence-electron chi connectivity index (χ3n) is 5.56. The van der Waals surface area contributed by atoms with Crippen LogP contribution < -0.4 is 15.5 Å². The Labute approximate surface area is 186 Å². The van der Waals surface area contributed by atoms with Gasteiger partial charge in [-0.05, 0) is 29.8 Å². The summed E-state index contributed by atoms with van der Waals surface area (Å²) >= 11 is 0. The minimum Gasteiger partial charge on any atom is -0.361 e. The number of rotatable bonds is 6. The Morgan fingerprint density at radius 1 is 1.03 bits per heavy atom. The molecule has 9 heteroatoms. The second-order valence-electron chi connectivity index (χ2n) is 8.17. The zero-order chi connectivity index (χ0) is 21.9. The predicted octanol–water partition coefficient (Wildman–Crippen LogP) is 2.63. The standard InChI is InChI=1S/C23H27N9/c1-31(2)22-14-26-20(13-27-22)17-3-4-18-19(12-17)29-23(28-18)30-21-11-16(5-6-25-21)15-32-9-7-24-8-10-32/h3-6,11-14,24H,7-10,15H2,1-2H3,(H2,25,28,29,30). The van der Waals surface area contributed by atoms with Crippen LogP contribution in [0.5, 0.6) is 0 Å². The van der Waals surface area contributed by atoms with Crippen molar-refractivity contribution in [3.8, 4) is 11.3 Å². The molecule has 0 amide bonds. The topological polar surface area (TPSA) is 97.9 Å². The molecule has 0 unspecified atom stereocenters. The molecule has 32 heavy (non-hydrogen) atoms. The zero-order valence-electron chi connectivity index (χ0n) is 18.3. The quantitative estimate of drug-likeness (QED) is 0.430. The molecule has 1 aliphatic heterocycles. The Balaban J connectivity index is 1.32. The number of nitrogens with zero attached hydrogens (tertiary/aromatic N) is 6. The molecule has 1 fully saturated rings. The first-order chi connectivity index (χ1) is 15.6. The van der Waals surface area contributed by atoms with Crippen LogP contribution in [0.3, 0.4) is 0 Å². The molecule has 0 radical (unpaired) electrons. The number of fused-ring (bicyclic) bond motifs is 1. The van der Waals surface area contributed by atoms with Crippen molar-refractivity contribution in [2.45, 2.75) is 6.54 Å². The third-order valence-corrected chi connectivity index (χ3v) is 5.56. The summed E-state index contributed by atoms with van der Waals surface area (Å²) in [7, 11) is 3.90. The zero-order valence-corrected chi connectivity index (χ0v) is 18.3. The van der Waals surface area contributed by atoms with Crippen LogP contribution in [0.25, 0.3) is 22.3 Å². The van der Waals surface area contributed by atoms with E-state index in [4.69, 9.17) is 0 Å². The van der Waals surface area contributed by atoms with E-state index in [1.165, 1.54) is 5.56 Å². The highest BCUT2D eigenvalue weighted by Crippen LogP contribution is 2.24. The van der Waals surface area contributed by atoms with Gasteiger partial charge in [0.1, 0.15) is 11.6 Å². The van der Waals surface area contributed by atoms with Gasteiger partial charge in [-0.3, -0.25) is 9.88 Å². The summed E-state index contributed by atoms with van der Waals surface area (Å²) in [5.74, 6) is 2.27. The van der Waals surface area contributed by atoms with Crippen LogP contribution in [0.4, 0.5) is 17.6 Å². The number of nitrogens with one attached hydrogen (secondary N) is 3. The van der Waals surface area contributed by atoms with E-state index in [-0.39, 0.29) is 0 Å². The van der Waals surface area contributed by atoms with Gasteiger partial charge in [0.25, 0.3) is 0 Å². The first kappa shape index (κ1) is 20.3. The molecule has 0 bridgehead atoms. The lowest BCUT2D eigenvalue weighted by atomic mass is 10.1. The Bertz CT molecular complexity index is 1190. The molecule has 1 aliphatic rings. The summed E-state index contributed by atoms with van der Waals surface area (Å²) in [5, 5.41) is 6.70. The van der Waals surface area contributed by atoms with Crippen LogP contribution in [0.1, 0.15) is 5.56 Å². The lowest BCUT2D eigenvalue weighted by Gasteiger charge is -2.27. The fourth-order valence-electron chi connectivity index (χ4n) is 3.82. The molecule has 164 valence electrons. The Kier molecular flexibility index (Phi) is 5.66. The minimum absolute atomic E-state index is 0.665. The summed E-state index contributed by atoms with van der Waals surface area (Å²) in [6.45, 7) is 5.15. The number of hydrogen-bond acceptors (Lipinski definition) is 8. The summed E-state index contributed by atoms with van der Waals surface area (Å²) in [6.07, 6.45) is 5.41. The molecule has 1 aromatic carbocycles. The van der Waals surface area contributed by atoms with Crippen LogP contribution in [-0.2, 0) is 6.54 Å². The maximum absolute atomic E-state index is 4.66. The highest BCUT2D eigenvalue weighted by atomic mass is 15.2. The highest BCUT2D eigenvalue weighted by Gasteiger charge is 2.11. The molecule has 4 aromatic rings. The van der Waals surface area contributed by atoms with Crippen LogP contribution in [-0.4, -0.2) is 70.1 Å². The first-order valence-corrected chi connectivity index (χ1v) is 10.8. The monoisotopic (exact) mass is 429 g/mol. The van der Waals surface area contributed by atoms with Gasteiger partial charge in [-0.1, -0.05) is 6.07 Å². The Hall–Kier alpha value is -3.56. The van der Waals surface area contributed by atoms with Crippen molar-refractivity contribution in [1.29, 1.82) is 0 Å². The fraction of sp³-hybridized carbons (Fsp3) is 0.304. The van der Waals surface area contributed by atoms with Gasteiger partial charge in [0, 0.05) is 58.6 Å². The molecule has 3 N–H and O–H groups in total. The fourth-order valence-corrected chi connectivity index (χ4v) is 3.82. The van der Waals surface area contributed by atoms with E-state index in [0.29, 0.717) is 5.95 Å². The van der Waals surface area contributed by atoms with E-state index < -0.39 is 0 Å². The van der Waals surface area contributed by atoms with Crippen molar-refractivity contribution < 1.29 is 0 Å². The Morgan fingerprint density at radius 3 is 2.69 bits per heavy atom. The number of H-pyrrole nitrogens is 1. The van der Waals surface area contributed by atoms with Crippen LogP contribution in [0.2, 0.25) is 0 Å². The van der Waals surface area contributed by atoms with Gasteiger partial charge in [-0.25, -0.2) is 15.0 Å². The maximum Gasteiger partial charge on any atom is 0.206 e. The SMILES string of the molecule is CN(C)c1cnc(-c2ccc3nc(Nc4cc(CN5CCNCC5)ccn4)[nH]c3c2)cn1. The van der Waals surface area contributed by atoms with Crippen molar-refractivity contribution in [3.05, 3.63) is 54.5 Å². The van der Waals surface area contributed by atoms with Gasteiger partial charge in [-0.15, -0.1) is 0 Å². The van der Waals surface area contributed by atoms with Crippen molar-refractivity contribution in [2.75, 3.05) is 50.5 Å². The number of imidazole rings is 1. The number of hydrogen-bond donors (Lipinski definition) is 3. The molecule has 0 spiro atoms. The molecular formula is C23H27N9. The van der Waals surface area contributed by atoms with E-state index in [1.807, 2.05) is 43.4 Å². The second kappa shape index (κ2) is 8.89. The molecule has 0 atom stereocenters. The molecule has 3 aromatic heterocycles. The summed E-state index contributed by atoms with van der Waals surface area (Å²) in [4.78, 5) is 25.8. The first-order valence-electron chi connectivity index (χ1n) is 10.8. The predicted molar refractivity (Wildman–Crippen MR) is 127 cm³/mol. The second-order valence-corrected chi connectivity index (χ2v) is 8.17. The van der Waals surface area contributed by atoms with E-state index in [0.717, 1.165) is 66.7 Å². The van der Waals surface area contributed by atoms with Gasteiger partial charge < -0.3 is 20.5 Å². The minimum atomic E-state index is 0.665. The molecule has 1 saturated heterocycles. The van der Waals surface area contributed by atoms with Gasteiger partial charge in [-0.2, -0.15) is 0 Å². The van der Waals surface area contributed by atoms with Crippen molar-refractivity contribution in [2.24, 2.45) is 0 Å². The average molecular weight is 430 g/mol. The lowest BCUT2D eigenvalue weighted by molar-refractivity contribution is 0.233. The molecule has 9 nitrogen and oxygen atoms in total. The summed E-state index contributed by atoms with van der Waals surface area (Å²) < 4.78 is 0. The number of piperazine rings is 1. The van der Waals surface area contributed by atoms with E-state index >= 15 is 0 Å². The number of benzene rings is 1. The number of aromatic nitrogens is 5. The number of anilines is 3. The largest absolute Gasteiger partial charge is 0.361 e. The molecule has 0 aliphatic carbocycles. The van der Waals surface area contributed by atoms with Crippen LogP contribution in [0.15, 0.2) is 48.9 Å². The van der Waals surface area contributed by atoms with Gasteiger partial charge in [0.05, 0.1) is 29.1 Å². The number of pyridine rings is 1. The molecule has 4 heterocycles. The van der Waals surface area contributed by atoms with Crippen molar-refractivity contribution in [1.82, 2.24) is 35.1 Å². The summed E-state index contributed by atoms with van der Waals surface area (Å²) in [6, 6.07) is 10.2. The van der Waals surface area contributed by atoms with Crippen molar-refractivity contribution >= 4 is 28.6 Å². The molecule has 0 saturated carbocycles. The Morgan fingerprint density at radius 2 is 1.91 bits per heavy atom. The van der Waals surface area contributed by atoms with Gasteiger partial charge in [0.2, 0.25) is 5.95 Å². The van der Waals surface area contributed by atoms with Gasteiger partial charge in [0.15, 0.2) is 0 Å². The lowest BCUT2D eigenvalue weighted by Crippen LogP contribution is -2.42. The van der Waals surface area contributed by atoms with Crippen molar-refractivity contribution in [3.63, 3.8) is 0 Å². The summed E-state index contributed by atoms with van der Waals surface area (Å²) in [5.41, 5.74) is 4.86. The number of aromatic amines is 1. The normalized spacial score (nSPS) is 14.6. The van der Waals surface area contributed by atoms with Crippen LogP contribution in [0, 0.1) is 0 Å². The van der Waals surface area contributed by atoms with Gasteiger partial charge >= 0.3 is 0 Å².